The molecule has 4 aromatic rings. The van der Waals surface area contributed by atoms with Gasteiger partial charge < -0.3 is 15.3 Å². The number of rotatable bonds is 5. The largest absolute Gasteiger partial charge is 0.508 e. The maximum atomic E-state index is 13.0. The molecule has 31 heavy (non-hydrogen) atoms. The molecule has 0 aliphatic carbocycles. The van der Waals surface area contributed by atoms with Gasteiger partial charge >= 0.3 is 0 Å². The smallest absolute Gasteiger partial charge is 0.167 e. The van der Waals surface area contributed by atoms with E-state index in [-0.39, 0.29) is 18.0 Å². The van der Waals surface area contributed by atoms with E-state index in [0.29, 0.717) is 11.1 Å². The molecule has 1 saturated heterocycles. The van der Waals surface area contributed by atoms with E-state index in [9.17, 15) is 9.90 Å². The van der Waals surface area contributed by atoms with Crippen molar-refractivity contribution in [3.05, 3.63) is 77.2 Å². The number of aromatic hydroxyl groups is 1. The normalized spacial score (nSPS) is 14.1. The Morgan fingerprint density at radius 3 is 2.74 bits per heavy atom. The second-order valence-corrected chi connectivity index (χ2v) is 8.68. The van der Waals surface area contributed by atoms with E-state index < -0.39 is 0 Å². The number of hydrogen-bond donors (Lipinski definition) is 2. The Morgan fingerprint density at radius 2 is 1.94 bits per heavy atom. The van der Waals surface area contributed by atoms with Gasteiger partial charge in [0.25, 0.3) is 0 Å². The molecule has 6 heteroatoms. The van der Waals surface area contributed by atoms with E-state index in [4.69, 9.17) is 4.98 Å². The Labute approximate surface area is 185 Å². The van der Waals surface area contributed by atoms with Crippen molar-refractivity contribution in [3.8, 4) is 16.2 Å². The lowest BCUT2D eigenvalue weighted by Crippen LogP contribution is -2.43. The molecule has 1 fully saturated rings. The number of carbonyl (C=O) groups excluding carboxylic acids is 1. The Balaban J connectivity index is 1.38. The summed E-state index contributed by atoms with van der Waals surface area (Å²) in [6.45, 7) is 3.83. The number of pyridine rings is 1. The lowest BCUT2D eigenvalue weighted by Gasteiger charge is -2.28. The van der Waals surface area contributed by atoms with Gasteiger partial charge in [-0.1, -0.05) is 6.07 Å². The molecule has 0 atom stereocenters. The minimum absolute atomic E-state index is 0.0216. The van der Waals surface area contributed by atoms with Crippen LogP contribution in [0.5, 0.6) is 5.75 Å². The molecule has 0 amide bonds. The molecule has 0 unspecified atom stereocenters. The zero-order valence-electron chi connectivity index (χ0n) is 17.0. The van der Waals surface area contributed by atoms with Crippen LogP contribution in [0.2, 0.25) is 0 Å². The van der Waals surface area contributed by atoms with Crippen molar-refractivity contribution in [1.29, 1.82) is 0 Å². The summed E-state index contributed by atoms with van der Waals surface area (Å²) in [6.07, 6.45) is 0.156. The molecule has 0 radical (unpaired) electrons. The van der Waals surface area contributed by atoms with Gasteiger partial charge in [0.15, 0.2) is 5.78 Å². The second-order valence-electron chi connectivity index (χ2n) is 7.73. The summed E-state index contributed by atoms with van der Waals surface area (Å²) in [6, 6.07) is 19.2. The van der Waals surface area contributed by atoms with Gasteiger partial charge in [0.05, 0.1) is 5.52 Å². The van der Waals surface area contributed by atoms with Crippen LogP contribution >= 0.6 is 11.3 Å². The van der Waals surface area contributed by atoms with Gasteiger partial charge in [-0.05, 0) is 65.5 Å². The minimum Gasteiger partial charge on any atom is -0.508 e. The third kappa shape index (κ3) is 4.17. The number of nitrogens with zero attached hydrogens (tertiary/aromatic N) is 2. The summed E-state index contributed by atoms with van der Waals surface area (Å²) in [5.41, 5.74) is 3.17. The van der Waals surface area contributed by atoms with Crippen molar-refractivity contribution < 1.29 is 9.90 Å². The van der Waals surface area contributed by atoms with E-state index in [1.807, 2.05) is 60.0 Å². The summed E-state index contributed by atoms with van der Waals surface area (Å²) < 4.78 is 0. The van der Waals surface area contributed by atoms with E-state index in [2.05, 4.69) is 10.2 Å². The van der Waals surface area contributed by atoms with Crippen LogP contribution in [0.1, 0.15) is 15.9 Å². The van der Waals surface area contributed by atoms with Gasteiger partial charge in [0, 0.05) is 54.0 Å². The number of thiophene rings is 1. The topological polar surface area (TPSA) is 65.5 Å². The maximum absolute atomic E-state index is 13.0. The predicted molar refractivity (Wildman–Crippen MR) is 126 cm³/mol. The van der Waals surface area contributed by atoms with Gasteiger partial charge in [-0.2, -0.15) is 0 Å². The molecule has 2 aromatic heterocycles. The number of anilines is 1. The van der Waals surface area contributed by atoms with Crippen LogP contribution < -0.4 is 10.2 Å². The standard InChI is InChI=1S/C25H23N3O2S/c29-22-7-4-19(24-2-1-13-31-24)15-20(22)16-23(30)18-3-6-21-17(14-18)5-8-25(27-21)28-11-9-26-10-12-28/h1-8,13-15,26,29H,9-12,16H2. The van der Waals surface area contributed by atoms with Crippen LogP contribution in [0, 0.1) is 0 Å². The molecule has 0 saturated carbocycles. The first-order valence-electron chi connectivity index (χ1n) is 10.4. The molecule has 2 aromatic carbocycles. The number of carbonyl (C=O) groups is 1. The number of phenols is 1. The third-order valence-corrected chi connectivity index (χ3v) is 6.59. The molecule has 0 spiro atoms. The van der Waals surface area contributed by atoms with Gasteiger partial charge in [0.2, 0.25) is 0 Å². The monoisotopic (exact) mass is 429 g/mol. The fourth-order valence-electron chi connectivity index (χ4n) is 3.96. The summed E-state index contributed by atoms with van der Waals surface area (Å²) in [5.74, 6) is 1.10. The summed E-state index contributed by atoms with van der Waals surface area (Å²) in [4.78, 5) is 21.2. The van der Waals surface area contributed by atoms with Crippen molar-refractivity contribution in [2.45, 2.75) is 6.42 Å². The fourth-order valence-corrected chi connectivity index (χ4v) is 4.68. The Kier molecular flexibility index (Phi) is 5.40. The summed E-state index contributed by atoms with van der Waals surface area (Å²) in [5, 5.41) is 16.6. The van der Waals surface area contributed by atoms with E-state index >= 15 is 0 Å². The first kappa shape index (κ1) is 19.7. The van der Waals surface area contributed by atoms with Crippen LogP contribution in [0.15, 0.2) is 66.0 Å². The van der Waals surface area contributed by atoms with Crippen molar-refractivity contribution in [1.82, 2.24) is 10.3 Å². The molecule has 3 heterocycles. The van der Waals surface area contributed by atoms with Gasteiger partial charge in [0.1, 0.15) is 11.6 Å². The van der Waals surface area contributed by atoms with Gasteiger partial charge in [-0.25, -0.2) is 4.98 Å². The molecule has 1 aliphatic rings. The summed E-state index contributed by atoms with van der Waals surface area (Å²) in [7, 11) is 0. The first-order valence-corrected chi connectivity index (χ1v) is 11.3. The number of Topliss-reactive ketones (excluding diaryl/α,β-unsaturated/α-hetero) is 1. The average molecular weight is 430 g/mol. The molecule has 0 bridgehead atoms. The van der Waals surface area contributed by atoms with Crippen LogP contribution in [-0.2, 0) is 6.42 Å². The zero-order chi connectivity index (χ0) is 21.2. The Bertz CT molecular complexity index is 1230. The number of hydrogen-bond acceptors (Lipinski definition) is 6. The number of piperazine rings is 1. The molecular formula is C25H23N3O2S. The highest BCUT2D eigenvalue weighted by atomic mass is 32.1. The molecule has 1 aliphatic heterocycles. The molecule has 2 N–H and O–H groups in total. The SMILES string of the molecule is O=C(Cc1cc(-c2cccs2)ccc1O)c1ccc2nc(N3CCNCC3)ccc2c1. The minimum atomic E-state index is -0.0216. The second kappa shape index (κ2) is 8.49. The van der Waals surface area contributed by atoms with Crippen LogP contribution in [0.25, 0.3) is 21.3 Å². The highest BCUT2D eigenvalue weighted by Gasteiger charge is 2.15. The predicted octanol–water partition coefficient (Wildman–Crippen LogP) is 4.50. The van der Waals surface area contributed by atoms with Crippen LogP contribution in [0.4, 0.5) is 5.82 Å². The average Bonchev–Trinajstić information content (AvgIpc) is 3.35. The van der Waals surface area contributed by atoms with Crippen molar-refractivity contribution in [3.63, 3.8) is 0 Å². The zero-order valence-corrected chi connectivity index (χ0v) is 17.9. The summed E-state index contributed by atoms with van der Waals surface area (Å²) >= 11 is 1.64. The highest BCUT2D eigenvalue weighted by Crippen LogP contribution is 2.30. The number of nitrogens with one attached hydrogen (secondary N) is 1. The van der Waals surface area contributed by atoms with E-state index in [1.54, 1.807) is 17.4 Å². The number of ketones is 1. The number of fused-ring (bicyclic) bond motifs is 1. The number of benzene rings is 2. The highest BCUT2D eigenvalue weighted by molar-refractivity contribution is 7.13. The number of phenolic OH excluding ortho intramolecular Hbond substituents is 1. The lowest BCUT2D eigenvalue weighted by atomic mass is 9.99. The maximum Gasteiger partial charge on any atom is 0.167 e. The van der Waals surface area contributed by atoms with E-state index in [1.165, 1.54) is 0 Å². The van der Waals surface area contributed by atoms with Gasteiger partial charge in [-0.3, -0.25) is 4.79 Å². The fraction of sp³-hybridized carbons (Fsp3) is 0.200. The van der Waals surface area contributed by atoms with Gasteiger partial charge in [-0.15, -0.1) is 11.3 Å². The van der Waals surface area contributed by atoms with Crippen molar-refractivity contribution >= 4 is 33.8 Å². The first-order chi connectivity index (χ1) is 15.2. The third-order valence-electron chi connectivity index (χ3n) is 5.67. The van der Waals surface area contributed by atoms with Crippen molar-refractivity contribution in [2.75, 3.05) is 31.1 Å². The van der Waals surface area contributed by atoms with Crippen LogP contribution in [-0.4, -0.2) is 42.1 Å². The van der Waals surface area contributed by atoms with E-state index in [0.717, 1.165) is 53.3 Å². The quantitative estimate of drug-likeness (QED) is 0.457. The van der Waals surface area contributed by atoms with Crippen LogP contribution in [0.3, 0.4) is 0 Å². The molecule has 156 valence electrons. The molecule has 5 nitrogen and oxygen atoms in total. The Hall–Kier alpha value is -3.22. The Morgan fingerprint density at radius 1 is 1.06 bits per heavy atom. The number of aromatic nitrogens is 1. The van der Waals surface area contributed by atoms with Crippen molar-refractivity contribution in [2.24, 2.45) is 0 Å². The molecule has 5 rings (SSSR count). The lowest BCUT2D eigenvalue weighted by molar-refractivity contribution is 0.0992. The molecular weight excluding hydrogens is 406 g/mol.